The van der Waals surface area contributed by atoms with E-state index in [0.29, 0.717) is 11.9 Å². The zero-order valence-electron chi connectivity index (χ0n) is 18.0. The smallest absolute Gasteiger partial charge is 0.403 e. The summed E-state index contributed by atoms with van der Waals surface area (Å²) in [5.74, 6) is 0.519. The molecule has 2 saturated carbocycles. The molecule has 0 aromatic rings. The van der Waals surface area contributed by atoms with E-state index in [0.717, 1.165) is 0 Å². The van der Waals surface area contributed by atoms with Crippen molar-refractivity contribution in [3.05, 3.63) is 14.9 Å². The van der Waals surface area contributed by atoms with Crippen LogP contribution in [-0.2, 0) is 26.4 Å². The van der Waals surface area contributed by atoms with Crippen LogP contribution in [0.1, 0.15) is 79.1 Å². The molecule has 0 amide bonds. The maximum absolute atomic E-state index is 6.18. The molecule has 0 aromatic heterocycles. The molecule has 3 rings (SSSR count). The number of rotatable bonds is 2. The molecule has 1 heterocycles. The summed E-state index contributed by atoms with van der Waals surface area (Å²) in [5, 5.41) is 0. The molecule has 5 heteroatoms. The Hall–Kier alpha value is 0.464. The molecule has 3 aliphatic rings. The van der Waals surface area contributed by atoms with Crippen molar-refractivity contribution in [2.24, 2.45) is 0 Å². The van der Waals surface area contributed by atoms with Gasteiger partial charge in [-0.15, -0.1) is 0 Å². The fraction of sp³-hybridized carbons (Fsp3) is 0.900. The summed E-state index contributed by atoms with van der Waals surface area (Å²) in [6, 6.07) is 0.602. The van der Waals surface area contributed by atoms with Crippen molar-refractivity contribution in [1.82, 2.24) is 4.90 Å². The van der Waals surface area contributed by atoms with Gasteiger partial charge in [-0.2, -0.15) is 0 Å². The van der Waals surface area contributed by atoms with Gasteiger partial charge in [-0.25, -0.2) is 0 Å². The third-order valence-corrected chi connectivity index (χ3v) is 6.07. The van der Waals surface area contributed by atoms with Gasteiger partial charge in [0.2, 0.25) is 0 Å². The van der Waals surface area contributed by atoms with Crippen molar-refractivity contribution in [3.8, 4) is 0 Å². The van der Waals surface area contributed by atoms with Crippen LogP contribution in [0.5, 0.6) is 0 Å². The molecular weight excluding hydrogens is 353 g/mol. The Morgan fingerprint density at radius 2 is 1.16 bits per heavy atom. The fourth-order valence-corrected chi connectivity index (χ4v) is 3.88. The van der Waals surface area contributed by atoms with Crippen molar-refractivity contribution < 1.29 is 26.4 Å². The van der Waals surface area contributed by atoms with Gasteiger partial charge in [0.05, 0.1) is 11.2 Å². The van der Waals surface area contributed by atoms with E-state index < -0.39 is 0 Å². The molecule has 25 heavy (non-hydrogen) atoms. The molecule has 0 aromatic carbocycles. The van der Waals surface area contributed by atoms with E-state index >= 15 is 0 Å². The van der Waals surface area contributed by atoms with Gasteiger partial charge in [-0.05, 0) is 48.2 Å². The van der Waals surface area contributed by atoms with Gasteiger partial charge in [0.1, 0.15) is 0 Å². The Kier molecular flexibility index (Phi) is 12.6. The summed E-state index contributed by atoms with van der Waals surface area (Å²) < 4.78 is 12.4. The van der Waals surface area contributed by atoms with E-state index in [9.17, 15) is 0 Å². The summed E-state index contributed by atoms with van der Waals surface area (Å²) >= 11 is 0. The number of nitrogens with zero attached hydrogens (tertiary/aromatic N) is 1. The van der Waals surface area contributed by atoms with Crippen molar-refractivity contribution in [2.45, 2.75) is 102 Å². The van der Waals surface area contributed by atoms with Gasteiger partial charge in [0.25, 0.3) is 0 Å². The maximum Gasteiger partial charge on any atom is 2.00 e. The average Bonchev–Trinajstić information content (AvgIpc) is 3.13. The first kappa shape index (κ1) is 27.7. The summed E-state index contributed by atoms with van der Waals surface area (Å²) in [5.41, 5.74) is -0.395. The van der Waals surface area contributed by atoms with E-state index in [1.807, 2.05) is 0 Å². The zero-order valence-corrected chi connectivity index (χ0v) is 19.1. The first-order valence-corrected chi connectivity index (χ1v) is 9.27. The molecule has 2 atom stereocenters. The minimum Gasteiger partial charge on any atom is -0.403 e. The minimum atomic E-state index is -0.197. The first-order chi connectivity index (χ1) is 10.2. The van der Waals surface area contributed by atoms with Crippen LogP contribution >= 0.6 is 0 Å². The van der Waals surface area contributed by atoms with E-state index in [4.69, 9.17) is 9.31 Å². The van der Waals surface area contributed by atoms with Gasteiger partial charge in [-0.1, -0.05) is 44.9 Å². The molecule has 0 N–H and O–H groups in total. The number of hydrogen-bond donors (Lipinski definition) is 0. The summed E-state index contributed by atoms with van der Waals surface area (Å²) in [6.07, 6.45) is 11.3. The summed E-state index contributed by atoms with van der Waals surface area (Å²) in [6.45, 7) is 8.53. The van der Waals surface area contributed by atoms with Crippen LogP contribution in [0.4, 0.5) is 0 Å². The van der Waals surface area contributed by atoms with E-state index in [-0.39, 0.29) is 50.2 Å². The number of hydrogen-bond acceptors (Lipinski definition) is 3. The van der Waals surface area contributed by atoms with Gasteiger partial charge in [0.15, 0.2) is 0 Å². The Labute approximate surface area is 169 Å². The predicted octanol–water partition coefficient (Wildman–Crippen LogP) is 5.41. The summed E-state index contributed by atoms with van der Waals surface area (Å²) in [7, 11) is 4.29. The Bertz CT molecular complexity index is 336. The third-order valence-electron chi connectivity index (χ3n) is 6.07. The Morgan fingerprint density at radius 3 is 1.52 bits per heavy atom. The molecule has 0 radical (unpaired) electrons. The largest absolute Gasteiger partial charge is 2.00 e. The van der Waals surface area contributed by atoms with Crippen molar-refractivity contribution >= 4 is 7.12 Å². The molecular formula is C20H42BFeNO2. The van der Waals surface area contributed by atoms with Crippen LogP contribution in [0.25, 0.3) is 0 Å². The molecule has 150 valence electrons. The van der Waals surface area contributed by atoms with E-state index in [1.165, 1.54) is 51.4 Å². The molecule has 2 unspecified atom stereocenters. The second-order valence-electron chi connectivity index (χ2n) is 8.52. The van der Waals surface area contributed by atoms with Crippen molar-refractivity contribution in [3.63, 3.8) is 0 Å². The molecule has 3 fully saturated rings. The van der Waals surface area contributed by atoms with E-state index in [1.54, 1.807) is 0 Å². The second kappa shape index (κ2) is 11.3. The zero-order chi connectivity index (χ0) is 16.4. The average molecular weight is 395 g/mol. The van der Waals surface area contributed by atoms with E-state index in [2.05, 4.69) is 46.7 Å². The quantitative estimate of drug-likeness (QED) is 0.461. The van der Waals surface area contributed by atoms with Crippen molar-refractivity contribution in [2.75, 3.05) is 14.1 Å². The second-order valence-corrected chi connectivity index (χ2v) is 8.52. The van der Waals surface area contributed by atoms with Crippen LogP contribution in [0.2, 0.25) is 5.82 Å². The monoisotopic (exact) mass is 395 g/mol. The first-order valence-electron chi connectivity index (χ1n) is 9.27. The topological polar surface area (TPSA) is 21.7 Å². The maximum atomic E-state index is 6.18. The molecule has 0 spiro atoms. The molecule has 2 aliphatic carbocycles. The van der Waals surface area contributed by atoms with Gasteiger partial charge < -0.3 is 29.1 Å². The van der Waals surface area contributed by atoms with Crippen LogP contribution < -0.4 is 0 Å². The fourth-order valence-electron chi connectivity index (χ4n) is 3.88. The van der Waals surface area contributed by atoms with Crippen LogP contribution in [0.15, 0.2) is 0 Å². The molecule has 0 bridgehead atoms. The van der Waals surface area contributed by atoms with Crippen LogP contribution in [0, 0.1) is 14.9 Å². The molecule has 1 saturated heterocycles. The Balaban J connectivity index is 0. The molecule has 1 aliphatic heterocycles. The van der Waals surface area contributed by atoms with Crippen molar-refractivity contribution in [1.29, 1.82) is 0 Å². The van der Waals surface area contributed by atoms with Gasteiger partial charge >= 0.3 is 24.2 Å². The van der Waals surface area contributed by atoms with Gasteiger partial charge in [-0.3, -0.25) is 0 Å². The standard InChI is InChI=1S/C13H26BNO2.C5H10.2CH3.Fe/c1-12(2)13(3,4)17-14(16-12)10-8-7-9-11(10)15(5)6;1-2-4-5-3-1;;;/h10-11H,7-9H2,1-6H3;1-5H2;2*1H3;/q;;2*-1;+2. The normalized spacial score (nSPS) is 29.2. The molecule has 3 nitrogen and oxygen atoms in total. The SMILES string of the molecule is C1CCCC1.CN(C)C1CCCC1B1OC(C)(C)C(C)(C)O1.[CH3-].[CH3-].[Fe+2]. The predicted molar refractivity (Wildman–Crippen MR) is 107 cm³/mol. The van der Waals surface area contributed by atoms with Crippen LogP contribution in [-0.4, -0.2) is 43.4 Å². The Morgan fingerprint density at radius 1 is 0.760 bits per heavy atom. The van der Waals surface area contributed by atoms with Gasteiger partial charge in [0, 0.05) is 11.9 Å². The van der Waals surface area contributed by atoms with Crippen LogP contribution in [0.3, 0.4) is 0 Å². The minimum absolute atomic E-state index is 0. The summed E-state index contributed by atoms with van der Waals surface area (Å²) in [4.78, 5) is 2.32. The third kappa shape index (κ3) is 6.85.